The Kier molecular flexibility index (Phi) is 10.1. The Bertz CT molecular complexity index is 1900. The number of rotatable bonds is 7. The van der Waals surface area contributed by atoms with Crippen LogP contribution in [-0.2, 0) is 5.41 Å². The molecule has 1 unspecified atom stereocenters. The zero-order valence-electron chi connectivity index (χ0n) is 28.8. The zero-order chi connectivity index (χ0) is 35.7. The molecule has 10 nitrogen and oxygen atoms in total. The van der Waals surface area contributed by atoms with Gasteiger partial charge in [-0.3, -0.25) is 14.7 Å². The molecule has 6 rings (SSSR count). The Morgan fingerprint density at radius 1 is 1.06 bits per heavy atom. The second-order valence-electron chi connectivity index (χ2n) is 13.3. The average molecular weight is 716 g/mol. The van der Waals surface area contributed by atoms with E-state index in [4.69, 9.17) is 37.5 Å². The van der Waals surface area contributed by atoms with Gasteiger partial charge in [0.1, 0.15) is 22.9 Å². The summed E-state index contributed by atoms with van der Waals surface area (Å²) in [6.07, 6.45) is 6.57. The van der Waals surface area contributed by atoms with Gasteiger partial charge >= 0.3 is 6.03 Å². The van der Waals surface area contributed by atoms with Gasteiger partial charge in [0.2, 0.25) is 0 Å². The maximum atomic E-state index is 15.0. The quantitative estimate of drug-likeness (QED) is 0.249. The van der Waals surface area contributed by atoms with Crippen LogP contribution >= 0.6 is 23.2 Å². The highest BCUT2D eigenvalue weighted by atomic mass is 35.5. The molecule has 3 heterocycles. The number of carbonyl (C=O) groups excluding carboxylic acids is 2. The van der Waals surface area contributed by atoms with Crippen LogP contribution in [0.3, 0.4) is 0 Å². The maximum Gasteiger partial charge on any atom is 0.326 e. The molecule has 50 heavy (non-hydrogen) atoms. The highest BCUT2D eigenvalue weighted by Crippen LogP contribution is 2.43. The Hall–Kier alpha value is -4.59. The molecule has 3 aliphatic rings. The van der Waals surface area contributed by atoms with Crippen molar-refractivity contribution < 1.29 is 18.8 Å². The Morgan fingerprint density at radius 3 is 2.36 bits per heavy atom. The summed E-state index contributed by atoms with van der Waals surface area (Å²) in [5.41, 5.74) is 2.58. The van der Waals surface area contributed by atoms with E-state index < -0.39 is 11.5 Å². The van der Waals surface area contributed by atoms with Crippen LogP contribution in [-0.4, -0.2) is 76.5 Å². The Labute approximate surface area is 302 Å². The highest BCUT2D eigenvalue weighted by Gasteiger charge is 2.47. The van der Waals surface area contributed by atoms with Gasteiger partial charge in [0, 0.05) is 42.2 Å². The van der Waals surface area contributed by atoms with E-state index in [1.165, 1.54) is 0 Å². The van der Waals surface area contributed by atoms with Crippen LogP contribution in [0.5, 0.6) is 5.75 Å². The number of ether oxygens (including phenoxy) is 1. The van der Waals surface area contributed by atoms with E-state index >= 15 is 0 Å². The van der Waals surface area contributed by atoms with E-state index in [1.54, 1.807) is 28.5 Å². The third-order valence-corrected chi connectivity index (χ3v) is 10.2. The van der Waals surface area contributed by atoms with E-state index in [-0.39, 0.29) is 23.9 Å². The minimum Gasteiger partial charge on any atom is -0.493 e. The molecular formula is C38H40Cl2N6O4. The van der Waals surface area contributed by atoms with Crippen molar-refractivity contribution in [1.29, 1.82) is 5.26 Å². The smallest absolute Gasteiger partial charge is 0.326 e. The molecule has 3 amide bonds. The molecule has 0 spiro atoms. The normalized spacial score (nSPS) is 20.8. The number of piperazine rings is 1. The van der Waals surface area contributed by atoms with Crippen molar-refractivity contribution in [1.82, 2.24) is 19.9 Å². The van der Waals surface area contributed by atoms with Gasteiger partial charge in [-0.25, -0.2) is 4.79 Å². The molecule has 0 N–H and O–H groups in total. The first-order chi connectivity index (χ1) is 23.9. The molecule has 3 aromatic rings. The maximum absolute atomic E-state index is 15.0. The first-order valence-electron chi connectivity index (χ1n) is 16.8. The number of hydrogen-bond donors (Lipinski definition) is 0. The summed E-state index contributed by atoms with van der Waals surface area (Å²) in [7, 11) is 0. The van der Waals surface area contributed by atoms with Crippen molar-refractivity contribution in [3.63, 3.8) is 0 Å². The van der Waals surface area contributed by atoms with E-state index in [1.807, 2.05) is 75.4 Å². The lowest BCUT2D eigenvalue weighted by Crippen LogP contribution is -2.55. The number of carbonyl (C=O) groups is 2. The monoisotopic (exact) mass is 714 g/mol. The molecule has 0 radical (unpaired) electrons. The van der Waals surface area contributed by atoms with Crippen molar-refractivity contribution >= 4 is 41.0 Å². The van der Waals surface area contributed by atoms with Gasteiger partial charge in [0.15, 0.2) is 0 Å². The largest absolute Gasteiger partial charge is 0.493 e. The van der Waals surface area contributed by atoms with Crippen LogP contribution in [0.2, 0.25) is 5.02 Å². The summed E-state index contributed by atoms with van der Waals surface area (Å²) < 4.78 is 11.4. The molecule has 1 aromatic heterocycles. The summed E-state index contributed by atoms with van der Waals surface area (Å²) >= 11 is 12.7. The number of nitrogens with zero attached hydrogens (tertiary/aromatic N) is 6. The van der Waals surface area contributed by atoms with Gasteiger partial charge in [0.25, 0.3) is 5.91 Å². The summed E-state index contributed by atoms with van der Waals surface area (Å²) in [5.74, 6) is 1.28. The third kappa shape index (κ3) is 6.77. The van der Waals surface area contributed by atoms with Crippen LogP contribution in [0.4, 0.5) is 4.79 Å². The van der Waals surface area contributed by atoms with Crippen molar-refractivity contribution in [3.05, 3.63) is 104 Å². The summed E-state index contributed by atoms with van der Waals surface area (Å²) in [4.78, 5) is 39.0. The summed E-state index contributed by atoms with van der Waals surface area (Å²) in [5, 5.41) is 15.1. The van der Waals surface area contributed by atoms with Gasteiger partial charge in [-0.15, -0.1) is 0 Å². The van der Waals surface area contributed by atoms with Crippen molar-refractivity contribution in [3.8, 4) is 11.8 Å². The number of aryl methyl sites for hydroxylation is 2. The third-order valence-electron chi connectivity index (χ3n) is 9.65. The number of halogens is 2. The molecule has 1 fully saturated rings. The predicted molar refractivity (Wildman–Crippen MR) is 193 cm³/mol. The molecule has 2 aromatic carbocycles. The molecule has 0 saturated carbocycles. The van der Waals surface area contributed by atoms with Gasteiger partial charge in [-0.05, 0) is 82.5 Å². The number of hydrogen-bond acceptors (Lipinski definition) is 7. The molecule has 12 heteroatoms. The minimum absolute atomic E-state index is 0.0529. The minimum atomic E-state index is -0.759. The SMILES string of the molecule is CCOc1cc(C(C)(C)C#N)ccc1C1=N[C@@H](C2C=CC(Cl)=CC2)[C@@H](c2ccc(Cl)cc2)N1C(=O)N1CCN(C(=O)c2c(C)noc2C)CC1. The highest BCUT2D eigenvalue weighted by molar-refractivity contribution is 6.31. The summed E-state index contributed by atoms with van der Waals surface area (Å²) in [6, 6.07) is 14.5. The molecule has 2 aliphatic heterocycles. The molecule has 0 bridgehead atoms. The number of allylic oxidation sites excluding steroid dienone is 3. The lowest BCUT2D eigenvalue weighted by molar-refractivity contribution is 0.0643. The number of aromatic nitrogens is 1. The van der Waals surface area contributed by atoms with Crippen molar-refractivity contribution in [2.75, 3.05) is 32.8 Å². The van der Waals surface area contributed by atoms with Crippen molar-refractivity contribution in [2.45, 2.75) is 58.5 Å². The van der Waals surface area contributed by atoms with E-state index in [9.17, 15) is 14.9 Å². The zero-order valence-corrected chi connectivity index (χ0v) is 30.3. The molecule has 1 saturated heterocycles. The van der Waals surface area contributed by atoms with Crippen LogP contribution < -0.4 is 4.74 Å². The van der Waals surface area contributed by atoms with Gasteiger partial charge in [0.05, 0.1) is 41.4 Å². The van der Waals surface area contributed by atoms with Crippen molar-refractivity contribution in [2.24, 2.45) is 10.9 Å². The topological polar surface area (TPSA) is 115 Å². The molecular weight excluding hydrogens is 675 g/mol. The van der Waals surface area contributed by atoms with E-state index in [2.05, 4.69) is 17.3 Å². The van der Waals surface area contributed by atoms with Crippen LogP contribution in [0, 0.1) is 31.1 Å². The Balaban J connectivity index is 1.41. The molecule has 3 atom stereocenters. The van der Waals surface area contributed by atoms with E-state index in [0.717, 1.165) is 11.1 Å². The van der Waals surface area contributed by atoms with Gasteiger partial charge in [-0.1, -0.05) is 58.7 Å². The number of aliphatic imine (C=N–C) groups is 1. The number of urea groups is 1. The lowest BCUT2D eigenvalue weighted by Gasteiger charge is -2.39. The second kappa shape index (κ2) is 14.3. The fourth-order valence-corrected chi connectivity index (χ4v) is 7.09. The van der Waals surface area contributed by atoms with Gasteiger partial charge < -0.3 is 19.1 Å². The standard InChI is InChI=1S/C38H40Cl2N6O4/c1-6-49-31-21-27(38(4,5)22-41)11-16-30(31)35-42-33(25-7-12-28(39)13-8-25)34(26-9-14-29(40)15-10-26)46(35)37(48)45-19-17-44(18-20-45)36(47)32-23(2)43-50-24(32)3/h7,9-16,21,25,33-34H,6,8,17-20H2,1-5H3/t25?,33-,34+/m0/s1. The summed E-state index contributed by atoms with van der Waals surface area (Å²) in [6.45, 7) is 10.8. The van der Waals surface area contributed by atoms with Gasteiger partial charge in [-0.2, -0.15) is 5.26 Å². The number of amidine groups is 1. The predicted octanol–water partition coefficient (Wildman–Crippen LogP) is 7.59. The first-order valence-corrected chi connectivity index (χ1v) is 17.6. The van der Waals surface area contributed by atoms with Crippen LogP contribution in [0.1, 0.15) is 71.7 Å². The second-order valence-corrected chi connectivity index (χ2v) is 14.2. The number of nitriles is 1. The number of amides is 3. The van der Waals surface area contributed by atoms with Crippen LogP contribution in [0.15, 0.2) is 75.2 Å². The lowest BCUT2D eigenvalue weighted by atomic mass is 9.85. The average Bonchev–Trinajstić information content (AvgIpc) is 3.67. The number of benzene rings is 2. The molecule has 1 aliphatic carbocycles. The fourth-order valence-electron chi connectivity index (χ4n) is 6.80. The fraction of sp³-hybridized carbons (Fsp3) is 0.395. The van der Waals surface area contributed by atoms with E-state index in [0.29, 0.717) is 83.4 Å². The molecule has 260 valence electrons. The Morgan fingerprint density at radius 2 is 1.76 bits per heavy atom. The van der Waals surface area contributed by atoms with Crippen LogP contribution in [0.25, 0.3) is 0 Å². The first kappa shape index (κ1) is 35.2.